The second-order valence-electron chi connectivity index (χ2n) is 9.76. The molecule has 5 heteroatoms. The van der Waals surface area contributed by atoms with Gasteiger partial charge in [-0.3, -0.25) is 0 Å². The zero-order valence-electron chi connectivity index (χ0n) is 20.4. The number of allylic oxidation sites excluding steroid dienone is 1. The van der Waals surface area contributed by atoms with E-state index in [1.807, 2.05) is 48.5 Å². The molecule has 0 radical (unpaired) electrons. The molecule has 0 saturated heterocycles. The van der Waals surface area contributed by atoms with Crippen LogP contribution in [-0.2, 0) is 6.42 Å². The molecule has 1 atom stereocenters. The van der Waals surface area contributed by atoms with Gasteiger partial charge < -0.3 is 4.74 Å². The first kappa shape index (κ1) is 20.9. The van der Waals surface area contributed by atoms with Crippen LogP contribution in [-0.4, -0.2) is 21.0 Å². The van der Waals surface area contributed by atoms with E-state index in [9.17, 15) is 5.26 Å². The van der Waals surface area contributed by atoms with E-state index in [2.05, 4.69) is 76.1 Å². The van der Waals surface area contributed by atoms with Gasteiger partial charge in [-0.25, -0.2) is 4.68 Å². The van der Waals surface area contributed by atoms with Crippen LogP contribution >= 0.6 is 0 Å². The van der Waals surface area contributed by atoms with Crippen molar-refractivity contribution in [2.45, 2.75) is 12.3 Å². The number of aliphatic imine (C=N–C) groups is 1. The molecule has 4 aromatic carbocycles. The summed E-state index contributed by atoms with van der Waals surface area (Å²) in [4.78, 5) is 5.02. The van der Waals surface area contributed by atoms with Crippen molar-refractivity contribution >= 4 is 28.7 Å². The zero-order chi connectivity index (χ0) is 25.2. The minimum Gasteiger partial charge on any atom is -0.461 e. The number of rotatable bonds is 3. The van der Waals surface area contributed by atoms with Crippen molar-refractivity contribution in [3.8, 4) is 11.8 Å². The van der Waals surface area contributed by atoms with E-state index >= 15 is 0 Å². The summed E-state index contributed by atoms with van der Waals surface area (Å²) in [5.74, 6) is 3.83. The van der Waals surface area contributed by atoms with Gasteiger partial charge in [-0.15, -0.1) is 4.68 Å². The van der Waals surface area contributed by atoms with Gasteiger partial charge in [0.15, 0.2) is 0 Å². The number of fused-ring (bicyclic) bond motifs is 6. The number of hydrogen-bond donors (Lipinski definition) is 0. The second-order valence-corrected chi connectivity index (χ2v) is 9.76. The van der Waals surface area contributed by atoms with Crippen molar-refractivity contribution in [3.63, 3.8) is 0 Å². The van der Waals surface area contributed by atoms with E-state index in [1.165, 1.54) is 22.2 Å². The third-order valence-electron chi connectivity index (χ3n) is 7.63. The molecule has 38 heavy (non-hydrogen) atoms. The molecule has 1 aliphatic carbocycles. The highest BCUT2D eigenvalue weighted by Crippen LogP contribution is 2.48. The summed E-state index contributed by atoms with van der Waals surface area (Å²) in [5.41, 5.74) is 7.32. The summed E-state index contributed by atoms with van der Waals surface area (Å²) in [7, 11) is 0. The van der Waals surface area contributed by atoms with E-state index in [0.29, 0.717) is 5.56 Å². The predicted molar refractivity (Wildman–Crippen MR) is 147 cm³/mol. The molecular formula is C33H21N4O+. The molecule has 5 nitrogen and oxygen atoms in total. The zero-order valence-corrected chi connectivity index (χ0v) is 20.4. The largest absolute Gasteiger partial charge is 0.461 e. The minimum absolute atomic E-state index is 0.172. The molecular weight excluding hydrogens is 468 g/mol. The topological polar surface area (TPSA) is 53.3 Å². The quantitative estimate of drug-likeness (QED) is 0.281. The first-order chi connectivity index (χ1) is 18.8. The Balaban J connectivity index is 1.38. The van der Waals surface area contributed by atoms with Crippen LogP contribution in [0.5, 0.6) is 5.75 Å². The van der Waals surface area contributed by atoms with E-state index in [1.54, 1.807) is 0 Å². The lowest BCUT2D eigenvalue weighted by Gasteiger charge is -2.24. The molecule has 3 aliphatic rings. The number of benzene rings is 4. The number of nitrogens with zero attached hydrogens (tertiary/aromatic N) is 4. The van der Waals surface area contributed by atoms with Crippen LogP contribution < -0.4 is 4.74 Å². The summed E-state index contributed by atoms with van der Waals surface area (Å²) >= 11 is 0. The molecule has 2 aliphatic heterocycles. The Morgan fingerprint density at radius 1 is 0.868 bits per heavy atom. The summed E-state index contributed by atoms with van der Waals surface area (Å²) in [6, 6.07) is 37.1. The fraction of sp³-hybridized carbons (Fsp3) is 0.0606. The maximum absolute atomic E-state index is 9.55. The highest BCUT2D eigenvalue weighted by molar-refractivity contribution is 6.15. The van der Waals surface area contributed by atoms with Crippen molar-refractivity contribution in [3.05, 3.63) is 142 Å². The lowest BCUT2D eigenvalue weighted by Crippen LogP contribution is -2.42. The van der Waals surface area contributed by atoms with Crippen LogP contribution in [0.4, 0.5) is 0 Å². The predicted octanol–water partition coefficient (Wildman–Crippen LogP) is 6.27. The molecule has 1 aromatic heterocycles. The van der Waals surface area contributed by atoms with Crippen molar-refractivity contribution < 1.29 is 9.42 Å². The van der Waals surface area contributed by atoms with Gasteiger partial charge in [-0.1, -0.05) is 65.7 Å². The third kappa shape index (κ3) is 2.92. The molecule has 0 saturated carbocycles. The van der Waals surface area contributed by atoms with E-state index in [0.717, 1.165) is 46.2 Å². The van der Waals surface area contributed by atoms with Crippen LogP contribution in [0, 0.1) is 11.3 Å². The average Bonchev–Trinajstić information content (AvgIpc) is 3.47. The first-order valence-corrected chi connectivity index (χ1v) is 12.7. The van der Waals surface area contributed by atoms with Crippen molar-refractivity contribution in [2.75, 3.05) is 0 Å². The standard InChI is InChI=1S/C33H21N4O/c34-20-21-9-8-12-23(17-21)33-35-32(22-10-2-1-3-11-22)37(33)36-28-15-6-4-13-24(28)26-19-31-27(18-29(26)36)25-14-5-7-16-30(25)38-31/h1-17,19,27H,18H2/q+1. The minimum atomic E-state index is 0.172. The van der Waals surface area contributed by atoms with Gasteiger partial charge in [0.25, 0.3) is 11.7 Å². The molecule has 0 bridgehead atoms. The van der Waals surface area contributed by atoms with Gasteiger partial charge in [-0.05, 0) is 48.5 Å². The highest BCUT2D eigenvalue weighted by Gasteiger charge is 2.40. The summed E-state index contributed by atoms with van der Waals surface area (Å²) < 4.78 is 10.8. The fourth-order valence-electron chi connectivity index (χ4n) is 5.90. The SMILES string of the molecule is N#Cc1cccc(C2=NC(c3ccccc3)=[N+]2n2c3c(c4ccccc42)C=C2Oc4ccccc4C2C3)c1. The van der Waals surface area contributed by atoms with Gasteiger partial charge in [-0.2, -0.15) is 5.26 Å². The number of ether oxygens (including phenoxy) is 1. The first-order valence-electron chi connectivity index (χ1n) is 12.7. The Morgan fingerprint density at radius 3 is 2.55 bits per heavy atom. The van der Waals surface area contributed by atoms with Crippen LogP contribution in [0.1, 0.15) is 39.4 Å². The number of hydrogen-bond acceptors (Lipinski definition) is 3. The maximum Gasteiger partial charge on any atom is 0.296 e. The molecule has 0 spiro atoms. The normalized spacial score (nSPS) is 17.0. The van der Waals surface area contributed by atoms with Gasteiger partial charge in [0.2, 0.25) is 0 Å². The van der Waals surface area contributed by atoms with E-state index in [-0.39, 0.29) is 5.92 Å². The van der Waals surface area contributed by atoms with Gasteiger partial charge in [0.1, 0.15) is 11.5 Å². The summed E-state index contributed by atoms with van der Waals surface area (Å²) in [6.45, 7) is 0. The van der Waals surface area contributed by atoms with Crippen LogP contribution in [0.25, 0.3) is 17.0 Å². The summed E-state index contributed by atoms with van der Waals surface area (Å²) in [6.07, 6.45) is 3.04. The van der Waals surface area contributed by atoms with E-state index in [4.69, 9.17) is 9.73 Å². The molecule has 5 aromatic rings. The molecule has 1 unspecified atom stereocenters. The lowest BCUT2D eigenvalue weighted by molar-refractivity contribution is -0.481. The van der Waals surface area contributed by atoms with Crippen LogP contribution in [0.15, 0.2) is 114 Å². The van der Waals surface area contributed by atoms with Crippen LogP contribution in [0.2, 0.25) is 0 Å². The van der Waals surface area contributed by atoms with E-state index < -0.39 is 0 Å². The summed E-state index contributed by atoms with van der Waals surface area (Å²) in [5, 5.41) is 10.7. The van der Waals surface area contributed by atoms with Crippen molar-refractivity contribution in [1.82, 2.24) is 4.68 Å². The average molecular weight is 490 g/mol. The van der Waals surface area contributed by atoms with Gasteiger partial charge in [0.05, 0.1) is 39.9 Å². The van der Waals surface area contributed by atoms with Gasteiger partial charge >= 0.3 is 0 Å². The molecule has 178 valence electrons. The molecule has 3 heterocycles. The monoisotopic (exact) mass is 489 g/mol. The third-order valence-corrected chi connectivity index (χ3v) is 7.63. The Hall–Kier alpha value is -5.21. The second kappa shape index (κ2) is 7.89. The van der Waals surface area contributed by atoms with Crippen molar-refractivity contribution in [1.29, 1.82) is 5.26 Å². The maximum atomic E-state index is 9.55. The molecule has 0 N–H and O–H groups in total. The Morgan fingerprint density at radius 2 is 1.66 bits per heavy atom. The van der Waals surface area contributed by atoms with Gasteiger partial charge in [0, 0.05) is 22.9 Å². The molecule has 0 amide bonds. The number of amidine groups is 2. The Kier molecular flexibility index (Phi) is 4.35. The highest BCUT2D eigenvalue weighted by atomic mass is 16.5. The smallest absolute Gasteiger partial charge is 0.296 e. The number of nitriles is 1. The Labute approximate surface area is 219 Å². The number of aromatic nitrogens is 1. The van der Waals surface area contributed by atoms with Crippen LogP contribution in [0.3, 0.4) is 0 Å². The Bertz CT molecular complexity index is 1940. The fourth-order valence-corrected chi connectivity index (χ4v) is 5.90. The molecule has 0 fully saturated rings. The lowest BCUT2D eigenvalue weighted by atomic mass is 9.87. The molecule has 8 rings (SSSR count). The van der Waals surface area contributed by atoms with Crippen molar-refractivity contribution in [2.24, 2.45) is 4.99 Å². The number of para-hydroxylation sites is 2.